The Balaban J connectivity index is 3.16. The van der Waals surface area contributed by atoms with Gasteiger partial charge in [-0.3, -0.25) is 10.1 Å². The molecular formula is C12H7N5O2. The lowest BCUT2D eigenvalue weighted by atomic mass is 10.1. The lowest BCUT2D eigenvalue weighted by molar-refractivity contribution is -0.385. The van der Waals surface area contributed by atoms with Gasteiger partial charge in [-0.1, -0.05) is 0 Å². The summed E-state index contributed by atoms with van der Waals surface area (Å²) in [5, 5.41) is 39.4. The first-order valence-electron chi connectivity index (χ1n) is 5.00. The van der Waals surface area contributed by atoms with Crippen molar-refractivity contribution in [2.24, 2.45) is 0 Å². The summed E-state index contributed by atoms with van der Waals surface area (Å²) in [5.41, 5.74) is 0.205. The molecule has 0 saturated heterocycles. The number of allylic oxidation sites excluding steroid dienone is 2. The van der Waals surface area contributed by atoms with Crippen LogP contribution in [-0.4, -0.2) is 4.92 Å². The van der Waals surface area contributed by atoms with E-state index in [-0.39, 0.29) is 17.0 Å². The lowest BCUT2D eigenvalue weighted by Crippen LogP contribution is -2.01. The number of nitrogens with zero attached hydrogens (tertiary/aromatic N) is 4. The molecule has 7 nitrogen and oxygen atoms in total. The summed E-state index contributed by atoms with van der Waals surface area (Å²) in [6.07, 6.45) is 0. The van der Waals surface area contributed by atoms with E-state index >= 15 is 0 Å². The summed E-state index contributed by atoms with van der Waals surface area (Å²) >= 11 is 0. The smallest absolute Gasteiger partial charge is 0.272 e. The molecule has 19 heavy (non-hydrogen) atoms. The highest BCUT2D eigenvalue weighted by Gasteiger charge is 2.12. The molecule has 1 N–H and O–H groups in total. The van der Waals surface area contributed by atoms with Crippen LogP contribution in [0.15, 0.2) is 29.5 Å². The molecule has 0 aliphatic rings. The fourth-order valence-corrected chi connectivity index (χ4v) is 1.37. The molecule has 1 rings (SSSR count). The van der Waals surface area contributed by atoms with Crippen LogP contribution < -0.4 is 5.32 Å². The molecule has 1 aromatic rings. The number of nitriles is 3. The average Bonchev–Trinajstić information content (AvgIpc) is 2.38. The van der Waals surface area contributed by atoms with Crippen LogP contribution in [0.4, 0.5) is 11.4 Å². The van der Waals surface area contributed by atoms with Gasteiger partial charge < -0.3 is 5.32 Å². The van der Waals surface area contributed by atoms with Gasteiger partial charge in [0, 0.05) is 17.3 Å². The second kappa shape index (κ2) is 5.81. The quantitative estimate of drug-likeness (QED) is 0.499. The average molecular weight is 253 g/mol. The predicted octanol–water partition coefficient (Wildman–Crippen LogP) is 2.14. The van der Waals surface area contributed by atoms with Crippen molar-refractivity contribution < 1.29 is 4.92 Å². The number of anilines is 1. The highest BCUT2D eigenvalue weighted by atomic mass is 16.6. The first-order chi connectivity index (χ1) is 9.03. The number of aryl methyl sites for hydroxylation is 1. The number of hydrogen-bond acceptors (Lipinski definition) is 6. The molecule has 0 fully saturated rings. The Kier molecular flexibility index (Phi) is 4.19. The van der Waals surface area contributed by atoms with Crippen LogP contribution in [0, 0.1) is 51.0 Å². The van der Waals surface area contributed by atoms with Crippen LogP contribution >= 0.6 is 0 Å². The van der Waals surface area contributed by atoms with Crippen molar-refractivity contribution in [3.63, 3.8) is 0 Å². The van der Waals surface area contributed by atoms with Gasteiger partial charge in [0.25, 0.3) is 5.69 Å². The summed E-state index contributed by atoms with van der Waals surface area (Å²) in [6, 6.07) is 9.02. The zero-order chi connectivity index (χ0) is 14.4. The van der Waals surface area contributed by atoms with Gasteiger partial charge in [-0.2, -0.15) is 15.8 Å². The molecule has 0 aliphatic carbocycles. The Hall–Kier alpha value is -3.37. The van der Waals surface area contributed by atoms with Crippen molar-refractivity contribution in [2.45, 2.75) is 6.92 Å². The number of nitrogens with one attached hydrogen (secondary N) is 1. The minimum atomic E-state index is -0.518. The first kappa shape index (κ1) is 13.7. The van der Waals surface area contributed by atoms with Crippen molar-refractivity contribution in [1.82, 2.24) is 0 Å². The van der Waals surface area contributed by atoms with Crippen molar-refractivity contribution in [2.75, 3.05) is 5.32 Å². The third-order valence-electron chi connectivity index (χ3n) is 2.25. The fraction of sp³-hybridized carbons (Fsp3) is 0.0833. The zero-order valence-corrected chi connectivity index (χ0v) is 9.84. The molecule has 7 heteroatoms. The van der Waals surface area contributed by atoms with Crippen LogP contribution in [0.5, 0.6) is 0 Å². The highest BCUT2D eigenvalue weighted by molar-refractivity contribution is 5.61. The summed E-state index contributed by atoms with van der Waals surface area (Å²) in [5.74, 6) is 0. The maximum Gasteiger partial charge on any atom is 0.272 e. The van der Waals surface area contributed by atoms with Gasteiger partial charge in [0.2, 0.25) is 0 Å². The van der Waals surface area contributed by atoms with E-state index in [1.807, 2.05) is 0 Å². The lowest BCUT2D eigenvalue weighted by Gasteiger charge is -2.05. The van der Waals surface area contributed by atoms with Gasteiger partial charge in [0.05, 0.1) is 4.92 Å². The normalized spacial score (nSPS) is 8.53. The molecule has 0 spiro atoms. The maximum absolute atomic E-state index is 10.6. The van der Waals surface area contributed by atoms with Crippen LogP contribution in [0.1, 0.15) is 5.56 Å². The molecule has 0 bridgehead atoms. The van der Waals surface area contributed by atoms with Gasteiger partial charge in [-0.15, -0.1) is 0 Å². The van der Waals surface area contributed by atoms with Crippen molar-refractivity contribution in [3.05, 3.63) is 45.1 Å². The van der Waals surface area contributed by atoms with Gasteiger partial charge in [0.1, 0.15) is 23.9 Å². The van der Waals surface area contributed by atoms with Crippen molar-refractivity contribution in [3.8, 4) is 18.2 Å². The molecule has 92 valence electrons. The van der Waals surface area contributed by atoms with Crippen LogP contribution in [0.25, 0.3) is 0 Å². The zero-order valence-electron chi connectivity index (χ0n) is 9.84. The van der Waals surface area contributed by atoms with E-state index in [0.717, 1.165) is 0 Å². The monoisotopic (exact) mass is 253 g/mol. The molecule has 0 saturated carbocycles. The van der Waals surface area contributed by atoms with Gasteiger partial charge in [-0.05, 0) is 19.1 Å². The van der Waals surface area contributed by atoms with E-state index in [4.69, 9.17) is 15.8 Å². The number of benzene rings is 1. The molecule has 0 radical (unpaired) electrons. The maximum atomic E-state index is 10.6. The van der Waals surface area contributed by atoms with E-state index in [1.165, 1.54) is 18.2 Å². The van der Waals surface area contributed by atoms with E-state index in [9.17, 15) is 10.1 Å². The molecule has 0 amide bonds. The fourth-order valence-electron chi connectivity index (χ4n) is 1.37. The number of nitro benzene ring substituents is 1. The Morgan fingerprint density at radius 1 is 1.26 bits per heavy atom. The van der Waals surface area contributed by atoms with Crippen LogP contribution in [0.2, 0.25) is 0 Å². The van der Waals surface area contributed by atoms with E-state index in [2.05, 4.69) is 5.32 Å². The first-order valence-corrected chi connectivity index (χ1v) is 5.00. The van der Waals surface area contributed by atoms with Crippen molar-refractivity contribution >= 4 is 11.4 Å². The Labute approximate surface area is 108 Å². The third kappa shape index (κ3) is 3.06. The summed E-state index contributed by atoms with van der Waals surface area (Å²) in [7, 11) is 0. The third-order valence-corrected chi connectivity index (χ3v) is 2.25. The second-order valence-corrected chi connectivity index (χ2v) is 3.47. The van der Waals surface area contributed by atoms with Gasteiger partial charge in [-0.25, -0.2) is 0 Å². The molecule has 0 atom stereocenters. The predicted molar refractivity (Wildman–Crippen MR) is 65.3 cm³/mol. The van der Waals surface area contributed by atoms with Crippen LogP contribution in [-0.2, 0) is 0 Å². The minimum Gasteiger partial charge on any atom is -0.345 e. The molecule has 0 aromatic heterocycles. The molecule has 0 aliphatic heterocycles. The molecule has 1 aromatic carbocycles. The van der Waals surface area contributed by atoms with E-state index < -0.39 is 4.92 Å². The van der Waals surface area contributed by atoms with Crippen LogP contribution in [0.3, 0.4) is 0 Å². The minimum absolute atomic E-state index is 0.0474. The standard InChI is InChI=1S/C12H7N5O2/c1-8-4-10(2-3-12(8)17(18)19)16-11(7-15)9(5-13)6-14/h2-4,16H,1H3. The number of hydrogen-bond donors (Lipinski definition) is 1. The van der Waals surface area contributed by atoms with Crippen molar-refractivity contribution in [1.29, 1.82) is 15.8 Å². The van der Waals surface area contributed by atoms with E-state index in [0.29, 0.717) is 11.3 Å². The summed E-state index contributed by atoms with van der Waals surface area (Å²) in [4.78, 5) is 10.1. The van der Waals surface area contributed by atoms with E-state index in [1.54, 1.807) is 25.1 Å². The topological polar surface area (TPSA) is 127 Å². The SMILES string of the molecule is Cc1cc(NC(C#N)=C(C#N)C#N)ccc1[N+](=O)[O-]. The Morgan fingerprint density at radius 3 is 2.32 bits per heavy atom. The number of rotatable bonds is 3. The summed E-state index contributed by atoms with van der Waals surface area (Å²) in [6.45, 7) is 1.55. The number of nitro groups is 1. The Bertz CT molecular complexity index is 670. The molecular weight excluding hydrogens is 246 g/mol. The molecule has 0 unspecified atom stereocenters. The second-order valence-electron chi connectivity index (χ2n) is 3.47. The summed E-state index contributed by atoms with van der Waals surface area (Å²) < 4.78 is 0. The van der Waals surface area contributed by atoms with Gasteiger partial charge in [0.15, 0.2) is 5.57 Å². The Morgan fingerprint density at radius 2 is 1.89 bits per heavy atom. The largest absolute Gasteiger partial charge is 0.345 e. The van der Waals surface area contributed by atoms with Gasteiger partial charge >= 0.3 is 0 Å². The molecule has 0 heterocycles. The highest BCUT2D eigenvalue weighted by Crippen LogP contribution is 2.22.